The minimum absolute atomic E-state index is 0. The topological polar surface area (TPSA) is 0 Å². The van der Waals surface area contributed by atoms with Gasteiger partial charge in [-0.3, -0.25) is 6.08 Å². The van der Waals surface area contributed by atoms with E-state index in [1.165, 1.54) is 47.4 Å². The molecule has 0 bridgehead atoms. The fourth-order valence-electron chi connectivity index (χ4n) is 3.27. The molecule has 0 radical (unpaired) electrons. The zero-order valence-corrected chi connectivity index (χ0v) is 21.7. The first kappa shape index (κ1) is 27.1. The number of hydrogen-bond donors (Lipinski definition) is 0. The number of benzene rings is 2. The number of rotatable bonds is 0. The van der Waals surface area contributed by atoms with Gasteiger partial charge in [-0.15, -0.1) is 71.7 Å². The van der Waals surface area contributed by atoms with Crippen LogP contribution in [0, 0.1) is 33.8 Å². The van der Waals surface area contributed by atoms with E-state index in [1.54, 1.807) is 24.2 Å². The van der Waals surface area contributed by atoms with E-state index in [2.05, 4.69) is 84.0 Å². The summed E-state index contributed by atoms with van der Waals surface area (Å²) in [5.74, 6) is 0. The van der Waals surface area contributed by atoms with Gasteiger partial charge in [0.2, 0.25) is 0 Å². The molecule has 0 atom stereocenters. The normalized spacial score (nSPS) is 11.1. The Morgan fingerprint density at radius 1 is 0.964 bits per heavy atom. The average molecular weight is 493 g/mol. The van der Waals surface area contributed by atoms with Gasteiger partial charge in [0.05, 0.1) is 0 Å². The minimum Gasteiger partial charge on any atom is -0.273 e. The minimum atomic E-state index is 0. The van der Waals surface area contributed by atoms with Crippen molar-refractivity contribution in [2.45, 2.75) is 48.0 Å². The zero-order chi connectivity index (χ0) is 19.3. The van der Waals surface area contributed by atoms with Crippen molar-refractivity contribution in [1.29, 1.82) is 0 Å². The molecule has 3 aliphatic rings. The van der Waals surface area contributed by atoms with Crippen LogP contribution in [0.25, 0.3) is 21.9 Å². The fraction of sp³-hybridized carbons (Fsp3) is 0.280. The maximum atomic E-state index is 2.99. The Balaban J connectivity index is 0.000000559. The Bertz CT molecular complexity index is 931. The number of halogens is 2. The van der Waals surface area contributed by atoms with Gasteiger partial charge in [0, 0.05) is 0 Å². The van der Waals surface area contributed by atoms with Crippen molar-refractivity contribution in [2.75, 3.05) is 0 Å². The zero-order valence-electron chi connectivity index (χ0n) is 17.6. The molecular formula is C25H30Cl2Zr. The summed E-state index contributed by atoms with van der Waals surface area (Å²) in [6.07, 6.45) is 10.0. The number of allylic oxidation sites excluding steroid dienone is 4. The molecule has 0 heterocycles. The van der Waals surface area contributed by atoms with Crippen LogP contribution in [-0.4, -0.2) is 3.21 Å². The Labute approximate surface area is 198 Å². The third-order valence-electron chi connectivity index (χ3n) is 4.23. The Morgan fingerprint density at radius 3 is 2.11 bits per heavy atom. The standard InChI is InChI=1S/C17H17.C5H5.C3H6.2ClH.Zr/c1-10-5-12(3)14-9-15-13(4)6-11(2)8-17(15)16(14)7-10;1-2-4-5-3-1;1-3-2;;;/h5-9H,1-4H3;1-3H,4H2;1-2H3;2*1H;/q2*-1;;;;+2. The van der Waals surface area contributed by atoms with Gasteiger partial charge in [-0.05, 0) is 13.8 Å². The molecule has 0 nitrogen and oxygen atoms in total. The van der Waals surface area contributed by atoms with E-state index >= 15 is 0 Å². The molecule has 4 rings (SSSR count). The van der Waals surface area contributed by atoms with E-state index < -0.39 is 0 Å². The van der Waals surface area contributed by atoms with Gasteiger partial charge in [-0.1, -0.05) is 47.9 Å². The molecule has 0 saturated heterocycles. The maximum absolute atomic E-state index is 2.99. The van der Waals surface area contributed by atoms with Gasteiger partial charge in [-0.2, -0.15) is 6.08 Å². The second kappa shape index (κ2) is 12.6. The summed E-state index contributed by atoms with van der Waals surface area (Å²) in [7, 11) is 0. The molecule has 28 heavy (non-hydrogen) atoms. The second-order valence-corrected chi connectivity index (χ2v) is 9.69. The van der Waals surface area contributed by atoms with Crippen molar-refractivity contribution in [3.05, 3.63) is 76.9 Å². The van der Waals surface area contributed by atoms with Gasteiger partial charge in [0.1, 0.15) is 0 Å². The molecule has 0 unspecified atom stereocenters. The average Bonchev–Trinajstić information content (AvgIpc) is 3.18. The van der Waals surface area contributed by atoms with Crippen LogP contribution in [-0.2, 0) is 24.2 Å². The number of aryl methyl sites for hydroxylation is 4. The van der Waals surface area contributed by atoms with E-state index in [0.717, 1.165) is 6.42 Å². The van der Waals surface area contributed by atoms with E-state index in [9.17, 15) is 0 Å². The molecular weight excluding hydrogens is 462 g/mol. The SMILES string of the molecule is C[C](C)=[Zr+2].Cc1cc(C)c2cc3[c-](C)cc(C)cc-3c2c1.Cl.Cl.[C-]1=CC=CC1. The van der Waals surface area contributed by atoms with Crippen molar-refractivity contribution in [3.63, 3.8) is 0 Å². The first-order valence-electron chi connectivity index (χ1n) is 9.10. The molecule has 0 amide bonds. The van der Waals surface area contributed by atoms with Crippen LogP contribution in [0.15, 0.2) is 48.6 Å². The van der Waals surface area contributed by atoms with Crippen molar-refractivity contribution in [1.82, 2.24) is 0 Å². The molecule has 0 aliphatic heterocycles. The summed E-state index contributed by atoms with van der Waals surface area (Å²) in [6, 6.07) is 11.5. The van der Waals surface area contributed by atoms with E-state index in [1.807, 2.05) is 12.2 Å². The van der Waals surface area contributed by atoms with E-state index in [4.69, 9.17) is 0 Å². The molecule has 0 aromatic heterocycles. The van der Waals surface area contributed by atoms with Crippen LogP contribution in [0.1, 0.15) is 42.5 Å². The Kier molecular flexibility index (Phi) is 12.2. The molecule has 148 valence electrons. The summed E-state index contributed by atoms with van der Waals surface area (Å²) in [6.45, 7) is 13.0. The maximum Gasteiger partial charge on any atom is -0.0398 e. The fourth-order valence-corrected chi connectivity index (χ4v) is 3.27. The predicted molar refractivity (Wildman–Crippen MR) is 128 cm³/mol. The molecule has 0 fully saturated rings. The molecule has 0 saturated carbocycles. The first-order chi connectivity index (χ1) is 12.3. The number of fused-ring (bicyclic) bond motifs is 3. The first-order valence-corrected chi connectivity index (χ1v) is 10.3. The van der Waals surface area contributed by atoms with Gasteiger partial charge in [0.25, 0.3) is 0 Å². The third kappa shape index (κ3) is 7.51. The predicted octanol–water partition coefficient (Wildman–Crippen LogP) is 7.79. The van der Waals surface area contributed by atoms with Crippen molar-refractivity contribution in [2.24, 2.45) is 0 Å². The quantitative estimate of drug-likeness (QED) is 0.281. The van der Waals surface area contributed by atoms with Crippen molar-refractivity contribution < 1.29 is 24.2 Å². The Hall–Kier alpha value is -0.877. The van der Waals surface area contributed by atoms with Crippen molar-refractivity contribution in [3.8, 4) is 11.1 Å². The van der Waals surface area contributed by atoms with Crippen LogP contribution in [0.4, 0.5) is 0 Å². The summed E-state index contributed by atoms with van der Waals surface area (Å²) >= 11 is 1.55. The second-order valence-electron chi connectivity index (χ2n) is 7.23. The van der Waals surface area contributed by atoms with E-state index in [-0.39, 0.29) is 24.8 Å². The van der Waals surface area contributed by atoms with Crippen LogP contribution in [0.5, 0.6) is 0 Å². The van der Waals surface area contributed by atoms with Gasteiger partial charge in [0.15, 0.2) is 0 Å². The summed E-state index contributed by atoms with van der Waals surface area (Å²) in [5, 5.41) is 2.81. The van der Waals surface area contributed by atoms with Gasteiger partial charge >= 0.3 is 41.3 Å². The monoisotopic (exact) mass is 490 g/mol. The molecule has 1 aromatic rings. The summed E-state index contributed by atoms with van der Waals surface area (Å²) < 4.78 is 1.51. The van der Waals surface area contributed by atoms with Crippen LogP contribution in [0.3, 0.4) is 0 Å². The Morgan fingerprint density at radius 2 is 1.61 bits per heavy atom. The molecule has 0 spiro atoms. The largest absolute Gasteiger partial charge is 0.273 e. The van der Waals surface area contributed by atoms with Crippen LogP contribution in [0.2, 0.25) is 0 Å². The smallest absolute Gasteiger partial charge is 0.0398 e. The van der Waals surface area contributed by atoms with Gasteiger partial charge < -0.3 is 0 Å². The van der Waals surface area contributed by atoms with Crippen LogP contribution >= 0.6 is 24.8 Å². The molecule has 3 aliphatic carbocycles. The van der Waals surface area contributed by atoms with E-state index in [0.29, 0.717) is 0 Å². The molecule has 0 N–H and O–H groups in total. The summed E-state index contributed by atoms with van der Waals surface area (Å²) in [5.41, 5.74) is 8.27. The number of hydrogen-bond acceptors (Lipinski definition) is 0. The summed E-state index contributed by atoms with van der Waals surface area (Å²) in [4.78, 5) is 0. The molecule has 3 heteroatoms. The third-order valence-corrected chi connectivity index (χ3v) is 4.23. The van der Waals surface area contributed by atoms with Crippen LogP contribution < -0.4 is 0 Å². The van der Waals surface area contributed by atoms with Crippen molar-refractivity contribution >= 4 is 38.8 Å². The van der Waals surface area contributed by atoms with Gasteiger partial charge in [-0.25, -0.2) is 12.2 Å². The molecule has 1 aromatic carbocycles.